The molecular formula is C15H20O6. The highest BCUT2D eigenvalue weighted by Gasteiger charge is 2.37. The van der Waals surface area contributed by atoms with Crippen LogP contribution >= 0.6 is 0 Å². The Bertz CT molecular complexity index is 467. The fourth-order valence-corrected chi connectivity index (χ4v) is 1.84. The van der Waals surface area contributed by atoms with E-state index in [1.807, 2.05) is 0 Å². The molecule has 0 spiro atoms. The summed E-state index contributed by atoms with van der Waals surface area (Å²) in [7, 11) is 1.49. The van der Waals surface area contributed by atoms with Gasteiger partial charge in [-0.2, -0.15) is 0 Å². The monoisotopic (exact) mass is 296 g/mol. The topological polar surface area (TPSA) is 82.1 Å². The van der Waals surface area contributed by atoms with E-state index in [0.29, 0.717) is 11.3 Å². The van der Waals surface area contributed by atoms with Crippen LogP contribution in [-0.4, -0.2) is 37.4 Å². The lowest BCUT2D eigenvalue weighted by atomic mass is 9.95. The van der Waals surface area contributed by atoms with Gasteiger partial charge in [0, 0.05) is 0 Å². The van der Waals surface area contributed by atoms with Gasteiger partial charge in [0.1, 0.15) is 11.9 Å². The van der Waals surface area contributed by atoms with Crippen LogP contribution < -0.4 is 4.74 Å². The Balaban J connectivity index is 3.05. The van der Waals surface area contributed by atoms with Gasteiger partial charge in [0.2, 0.25) is 0 Å². The maximum atomic E-state index is 11.9. The Morgan fingerprint density at radius 3 is 2.19 bits per heavy atom. The largest absolute Gasteiger partial charge is 0.497 e. The summed E-state index contributed by atoms with van der Waals surface area (Å²) in [5, 5.41) is 10.3. The number of rotatable bonds is 7. The van der Waals surface area contributed by atoms with Crippen LogP contribution in [0.2, 0.25) is 0 Å². The summed E-state index contributed by atoms with van der Waals surface area (Å²) in [6, 6.07) is 6.50. The number of carbonyl (C=O) groups is 2. The molecule has 0 saturated heterocycles. The van der Waals surface area contributed by atoms with Crippen LogP contribution in [0.5, 0.6) is 5.75 Å². The molecule has 116 valence electrons. The normalized spacial score (nSPS) is 11.9. The molecule has 1 N–H and O–H groups in total. The van der Waals surface area contributed by atoms with Crippen molar-refractivity contribution >= 4 is 11.9 Å². The summed E-state index contributed by atoms with van der Waals surface area (Å²) >= 11 is 0. The molecule has 0 fully saturated rings. The minimum absolute atomic E-state index is 0.111. The van der Waals surface area contributed by atoms with Crippen LogP contribution in [0.1, 0.15) is 25.5 Å². The van der Waals surface area contributed by atoms with Crippen molar-refractivity contribution in [2.24, 2.45) is 5.92 Å². The van der Waals surface area contributed by atoms with E-state index in [1.165, 1.54) is 7.11 Å². The molecule has 1 unspecified atom stereocenters. The molecule has 0 radical (unpaired) electrons. The Hall–Kier alpha value is -2.08. The third-order valence-corrected chi connectivity index (χ3v) is 2.83. The SMILES string of the molecule is CCOC(=O)C(C(=O)OCC)C(O)c1cccc(OC)c1. The second kappa shape index (κ2) is 8.26. The molecule has 1 atom stereocenters. The molecule has 1 aromatic rings. The highest BCUT2D eigenvalue weighted by Crippen LogP contribution is 2.27. The lowest BCUT2D eigenvalue weighted by Gasteiger charge is -2.20. The number of methoxy groups -OCH3 is 1. The third-order valence-electron chi connectivity index (χ3n) is 2.83. The zero-order valence-electron chi connectivity index (χ0n) is 12.4. The van der Waals surface area contributed by atoms with E-state index in [2.05, 4.69) is 0 Å². The van der Waals surface area contributed by atoms with E-state index in [0.717, 1.165) is 0 Å². The second-order valence-corrected chi connectivity index (χ2v) is 4.20. The average Bonchev–Trinajstić information content (AvgIpc) is 2.48. The van der Waals surface area contributed by atoms with E-state index in [-0.39, 0.29) is 13.2 Å². The van der Waals surface area contributed by atoms with Crippen molar-refractivity contribution in [3.8, 4) is 5.75 Å². The Morgan fingerprint density at radius 2 is 1.71 bits per heavy atom. The number of carbonyl (C=O) groups excluding carboxylic acids is 2. The Morgan fingerprint density at radius 1 is 1.14 bits per heavy atom. The molecule has 0 aliphatic heterocycles. The molecule has 21 heavy (non-hydrogen) atoms. The number of ether oxygens (including phenoxy) is 3. The van der Waals surface area contributed by atoms with Crippen molar-refractivity contribution in [1.82, 2.24) is 0 Å². The third kappa shape index (κ3) is 4.46. The number of esters is 2. The van der Waals surface area contributed by atoms with E-state index < -0.39 is 24.0 Å². The maximum Gasteiger partial charge on any atom is 0.323 e. The summed E-state index contributed by atoms with van der Waals surface area (Å²) in [6.07, 6.45) is -1.36. The number of aliphatic hydroxyl groups is 1. The molecular weight excluding hydrogens is 276 g/mol. The molecule has 0 heterocycles. The molecule has 0 aliphatic rings. The standard InChI is InChI=1S/C15H20O6/c1-4-20-14(17)12(15(18)21-5-2)13(16)10-7-6-8-11(9-10)19-3/h6-9,12-13,16H,4-5H2,1-3H3. The fraction of sp³-hybridized carbons (Fsp3) is 0.467. The van der Waals surface area contributed by atoms with Crippen molar-refractivity contribution in [2.75, 3.05) is 20.3 Å². The molecule has 0 aromatic heterocycles. The molecule has 0 aliphatic carbocycles. The molecule has 1 aromatic carbocycles. The van der Waals surface area contributed by atoms with Crippen LogP contribution in [0.15, 0.2) is 24.3 Å². The molecule has 6 heteroatoms. The molecule has 1 rings (SSSR count). The smallest absolute Gasteiger partial charge is 0.323 e. The Labute approximate surface area is 123 Å². The van der Waals surface area contributed by atoms with Crippen molar-refractivity contribution in [3.63, 3.8) is 0 Å². The van der Waals surface area contributed by atoms with Crippen LogP contribution in [0.4, 0.5) is 0 Å². The van der Waals surface area contributed by atoms with Gasteiger partial charge in [0.15, 0.2) is 5.92 Å². The van der Waals surface area contributed by atoms with E-state index >= 15 is 0 Å². The van der Waals surface area contributed by atoms with E-state index in [9.17, 15) is 14.7 Å². The van der Waals surface area contributed by atoms with Gasteiger partial charge in [0.25, 0.3) is 0 Å². The predicted molar refractivity (Wildman–Crippen MR) is 74.7 cm³/mol. The van der Waals surface area contributed by atoms with E-state index in [4.69, 9.17) is 14.2 Å². The van der Waals surface area contributed by atoms with Gasteiger partial charge in [0.05, 0.1) is 20.3 Å². The first-order chi connectivity index (χ1) is 10.0. The van der Waals surface area contributed by atoms with E-state index in [1.54, 1.807) is 38.1 Å². The number of aliphatic hydroxyl groups excluding tert-OH is 1. The summed E-state index contributed by atoms with van der Waals surface area (Å²) in [4.78, 5) is 23.8. The lowest BCUT2D eigenvalue weighted by molar-refractivity contribution is -0.167. The zero-order chi connectivity index (χ0) is 15.8. The highest BCUT2D eigenvalue weighted by molar-refractivity contribution is 5.95. The second-order valence-electron chi connectivity index (χ2n) is 4.20. The summed E-state index contributed by atoms with van der Waals surface area (Å²) in [5.74, 6) is -2.53. The summed E-state index contributed by atoms with van der Waals surface area (Å²) < 4.78 is 14.7. The first-order valence-electron chi connectivity index (χ1n) is 6.70. The van der Waals surface area contributed by atoms with Gasteiger partial charge in [-0.05, 0) is 31.5 Å². The Kier molecular flexibility index (Phi) is 6.68. The van der Waals surface area contributed by atoms with Gasteiger partial charge < -0.3 is 19.3 Å². The number of hydrogen-bond acceptors (Lipinski definition) is 6. The van der Waals surface area contributed by atoms with Crippen molar-refractivity contribution in [3.05, 3.63) is 29.8 Å². The number of benzene rings is 1. The summed E-state index contributed by atoms with van der Waals surface area (Å²) in [5.41, 5.74) is 0.375. The molecule has 0 bridgehead atoms. The lowest BCUT2D eigenvalue weighted by Crippen LogP contribution is -2.33. The average molecular weight is 296 g/mol. The van der Waals surface area contributed by atoms with Crippen molar-refractivity contribution < 1.29 is 28.9 Å². The molecule has 0 amide bonds. The number of hydrogen-bond donors (Lipinski definition) is 1. The first-order valence-corrected chi connectivity index (χ1v) is 6.70. The van der Waals surface area contributed by atoms with Gasteiger partial charge in [-0.3, -0.25) is 9.59 Å². The highest BCUT2D eigenvalue weighted by atomic mass is 16.6. The van der Waals surface area contributed by atoms with Crippen molar-refractivity contribution in [2.45, 2.75) is 20.0 Å². The first kappa shape index (κ1) is 17.0. The zero-order valence-corrected chi connectivity index (χ0v) is 12.4. The minimum atomic E-state index is -1.42. The maximum absolute atomic E-state index is 11.9. The quantitative estimate of drug-likeness (QED) is 0.606. The van der Waals surface area contributed by atoms with Gasteiger partial charge >= 0.3 is 11.9 Å². The molecule has 6 nitrogen and oxygen atoms in total. The van der Waals surface area contributed by atoms with Gasteiger partial charge in [-0.15, -0.1) is 0 Å². The molecule has 0 saturated carbocycles. The van der Waals surface area contributed by atoms with Crippen molar-refractivity contribution in [1.29, 1.82) is 0 Å². The van der Waals surface area contributed by atoms with Gasteiger partial charge in [-0.1, -0.05) is 12.1 Å². The van der Waals surface area contributed by atoms with Crippen LogP contribution in [-0.2, 0) is 19.1 Å². The van der Waals surface area contributed by atoms with Crippen LogP contribution in [0.3, 0.4) is 0 Å². The predicted octanol–water partition coefficient (Wildman–Crippen LogP) is 1.47. The summed E-state index contributed by atoms with van der Waals surface area (Å²) in [6.45, 7) is 3.47. The fourth-order valence-electron chi connectivity index (χ4n) is 1.84. The van der Waals surface area contributed by atoms with Gasteiger partial charge in [-0.25, -0.2) is 0 Å². The van der Waals surface area contributed by atoms with Crippen LogP contribution in [0, 0.1) is 5.92 Å². The van der Waals surface area contributed by atoms with Crippen LogP contribution in [0.25, 0.3) is 0 Å². The minimum Gasteiger partial charge on any atom is -0.497 e.